The molecule has 0 bridgehead atoms. The van der Waals surface area contributed by atoms with Crippen molar-refractivity contribution in [3.8, 4) is 5.75 Å². The van der Waals surface area contributed by atoms with Crippen LogP contribution in [0.4, 0.5) is 5.69 Å². The third kappa shape index (κ3) is 5.08. The van der Waals surface area contributed by atoms with Crippen LogP contribution in [-0.4, -0.2) is 38.6 Å². The van der Waals surface area contributed by atoms with Gasteiger partial charge in [0.25, 0.3) is 11.8 Å². The molecular formula is C21H25N3O3. The van der Waals surface area contributed by atoms with Gasteiger partial charge < -0.3 is 20.7 Å². The first-order valence-electron chi connectivity index (χ1n) is 9.20. The van der Waals surface area contributed by atoms with Gasteiger partial charge in [-0.15, -0.1) is 0 Å². The zero-order valence-corrected chi connectivity index (χ0v) is 15.5. The van der Waals surface area contributed by atoms with Crippen LogP contribution < -0.4 is 20.7 Å². The number of hydrogen-bond acceptors (Lipinski definition) is 4. The van der Waals surface area contributed by atoms with Crippen LogP contribution in [0.25, 0.3) is 0 Å². The minimum atomic E-state index is -0.269. The number of amides is 2. The SMILES string of the molecule is COc1ccc(C(=O)Nc2ccccc2C(=O)NCCC2CCNC2)cc1. The summed E-state index contributed by atoms with van der Waals surface area (Å²) in [5.41, 5.74) is 1.46. The molecule has 1 heterocycles. The summed E-state index contributed by atoms with van der Waals surface area (Å²) in [6.45, 7) is 2.70. The number of ether oxygens (including phenoxy) is 1. The number of para-hydroxylation sites is 1. The third-order valence-corrected chi connectivity index (χ3v) is 4.77. The second kappa shape index (κ2) is 9.19. The fourth-order valence-electron chi connectivity index (χ4n) is 3.17. The Kier molecular flexibility index (Phi) is 6.44. The average Bonchev–Trinajstić information content (AvgIpc) is 3.22. The second-order valence-electron chi connectivity index (χ2n) is 6.63. The molecule has 1 atom stereocenters. The molecule has 0 aromatic heterocycles. The molecule has 0 aliphatic carbocycles. The molecule has 2 amide bonds. The lowest BCUT2D eigenvalue weighted by Crippen LogP contribution is -2.27. The van der Waals surface area contributed by atoms with Gasteiger partial charge in [-0.3, -0.25) is 9.59 Å². The molecule has 6 nitrogen and oxygen atoms in total. The van der Waals surface area contributed by atoms with Crippen molar-refractivity contribution in [1.29, 1.82) is 0 Å². The molecule has 1 fully saturated rings. The molecule has 1 saturated heterocycles. The number of anilines is 1. The number of hydrogen-bond donors (Lipinski definition) is 3. The number of nitrogens with one attached hydrogen (secondary N) is 3. The molecule has 1 unspecified atom stereocenters. The smallest absolute Gasteiger partial charge is 0.255 e. The van der Waals surface area contributed by atoms with Gasteiger partial charge in [0.2, 0.25) is 0 Å². The summed E-state index contributed by atoms with van der Waals surface area (Å²) in [6, 6.07) is 13.9. The minimum Gasteiger partial charge on any atom is -0.497 e. The van der Waals surface area contributed by atoms with Crippen molar-refractivity contribution in [2.75, 3.05) is 32.1 Å². The van der Waals surface area contributed by atoms with Gasteiger partial charge in [-0.05, 0) is 68.2 Å². The fraction of sp³-hybridized carbons (Fsp3) is 0.333. The maximum atomic E-state index is 12.5. The Labute approximate surface area is 159 Å². The minimum absolute atomic E-state index is 0.174. The lowest BCUT2D eigenvalue weighted by atomic mass is 10.1. The predicted octanol–water partition coefficient (Wildman–Crippen LogP) is 2.68. The van der Waals surface area contributed by atoms with Crippen LogP contribution in [0.1, 0.15) is 33.6 Å². The van der Waals surface area contributed by atoms with Crippen molar-refractivity contribution in [3.63, 3.8) is 0 Å². The van der Waals surface area contributed by atoms with Crippen molar-refractivity contribution in [3.05, 3.63) is 59.7 Å². The van der Waals surface area contributed by atoms with Gasteiger partial charge in [-0.1, -0.05) is 12.1 Å². The third-order valence-electron chi connectivity index (χ3n) is 4.77. The standard InChI is InChI=1S/C21H25N3O3/c1-27-17-8-6-16(7-9-17)20(25)24-19-5-3-2-4-18(19)21(26)23-13-11-15-10-12-22-14-15/h2-9,15,22H,10-14H2,1H3,(H,23,26)(H,24,25). The van der Waals surface area contributed by atoms with Crippen molar-refractivity contribution in [2.45, 2.75) is 12.8 Å². The van der Waals surface area contributed by atoms with E-state index in [2.05, 4.69) is 16.0 Å². The Morgan fingerprint density at radius 2 is 1.89 bits per heavy atom. The van der Waals surface area contributed by atoms with Crippen LogP contribution in [0.15, 0.2) is 48.5 Å². The molecule has 0 spiro atoms. The first kappa shape index (κ1) is 18.9. The molecule has 0 saturated carbocycles. The van der Waals surface area contributed by atoms with Gasteiger partial charge in [0.1, 0.15) is 5.75 Å². The van der Waals surface area contributed by atoms with Crippen LogP contribution in [0.2, 0.25) is 0 Å². The van der Waals surface area contributed by atoms with Crippen molar-refractivity contribution in [2.24, 2.45) is 5.92 Å². The van der Waals surface area contributed by atoms with E-state index in [-0.39, 0.29) is 11.8 Å². The van der Waals surface area contributed by atoms with Gasteiger partial charge in [0.15, 0.2) is 0 Å². The van der Waals surface area contributed by atoms with Gasteiger partial charge in [-0.25, -0.2) is 0 Å². The largest absolute Gasteiger partial charge is 0.497 e. The zero-order valence-electron chi connectivity index (χ0n) is 15.5. The number of rotatable bonds is 7. The van der Waals surface area contributed by atoms with Crippen LogP contribution in [0, 0.1) is 5.92 Å². The molecule has 3 rings (SSSR count). The van der Waals surface area contributed by atoms with Crippen LogP contribution >= 0.6 is 0 Å². The van der Waals surface area contributed by atoms with E-state index in [1.54, 1.807) is 55.6 Å². The second-order valence-corrected chi connectivity index (χ2v) is 6.63. The quantitative estimate of drug-likeness (QED) is 0.703. The van der Waals surface area contributed by atoms with E-state index in [9.17, 15) is 9.59 Å². The first-order chi connectivity index (χ1) is 13.2. The highest BCUT2D eigenvalue weighted by molar-refractivity contribution is 6.09. The monoisotopic (exact) mass is 367 g/mol. The molecular weight excluding hydrogens is 342 g/mol. The summed E-state index contributed by atoms with van der Waals surface area (Å²) in [6.07, 6.45) is 2.11. The van der Waals surface area contributed by atoms with Crippen molar-refractivity contribution >= 4 is 17.5 Å². The zero-order chi connectivity index (χ0) is 19.1. The summed E-state index contributed by atoms with van der Waals surface area (Å²) >= 11 is 0. The van der Waals surface area contributed by atoms with Gasteiger partial charge in [0.05, 0.1) is 18.4 Å². The summed E-state index contributed by atoms with van der Waals surface area (Å²) in [4.78, 5) is 25.0. The summed E-state index contributed by atoms with van der Waals surface area (Å²) in [5, 5.41) is 9.11. The van der Waals surface area contributed by atoms with Crippen molar-refractivity contribution < 1.29 is 14.3 Å². The molecule has 1 aliphatic heterocycles. The molecule has 27 heavy (non-hydrogen) atoms. The lowest BCUT2D eigenvalue weighted by molar-refractivity contribution is 0.0952. The highest BCUT2D eigenvalue weighted by Gasteiger charge is 2.16. The Morgan fingerprint density at radius 3 is 2.59 bits per heavy atom. The maximum absolute atomic E-state index is 12.5. The van der Waals surface area contributed by atoms with E-state index < -0.39 is 0 Å². The average molecular weight is 367 g/mol. The van der Waals surface area contributed by atoms with Crippen LogP contribution in [0.5, 0.6) is 5.75 Å². The molecule has 142 valence electrons. The van der Waals surface area contributed by atoms with Crippen molar-refractivity contribution in [1.82, 2.24) is 10.6 Å². The lowest BCUT2D eigenvalue weighted by Gasteiger charge is -2.13. The molecule has 1 aliphatic rings. The number of carbonyl (C=O) groups is 2. The van der Waals surface area contributed by atoms with Gasteiger partial charge >= 0.3 is 0 Å². The van der Waals surface area contributed by atoms with Gasteiger partial charge in [-0.2, -0.15) is 0 Å². The number of benzene rings is 2. The molecule has 6 heteroatoms. The molecule has 2 aromatic rings. The first-order valence-corrected chi connectivity index (χ1v) is 9.20. The van der Waals surface area contributed by atoms with E-state index in [1.165, 1.54) is 0 Å². The van der Waals surface area contributed by atoms with E-state index in [1.807, 2.05) is 0 Å². The van der Waals surface area contributed by atoms with E-state index in [0.29, 0.717) is 35.0 Å². The number of carbonyl (C=O) groups excluding carboxylic acids is 2. The Bertz CT molecular complexity index is 784. The fourth-order valence-corrected chi connectivity index (χ4v) is 3.17. The Morgan fingerprint density at radius 1 is 1.11 bits per heavy atom. The maximum Gasteiger partial charge on any atom is 0.255 e. The molecule has 0 radical (unpaired) electrons. The topological polar surface area (TPSA) is 79.5 Å². The van der Waals surface area contributed by atoms with E-state index >= 15 is 0 Å². The summed E-state index contributed by atoms with van der Waals surface area (Å²) in [5.74, 6) is 0.862. The summed E-state index contributed by atoms with van der Waals surface area (Å²) in [7, 11) is 1.58. The number of methoxy groups -OCH3 is 1. The molecule has 3 N–H and O–H groups in total. The Balaban J connectivity index is 1.61. The van der Waals surface area contributed by atoms with Crippen LogP contribution in [-0.2, 0) is 0 Å². The highest BCUT2D eigenvalue weighted by atomic mass is 16.5. The summed E-state index contributed by atoms with van der Waals surface area (Å²) < 4.78 is 5.10. The molecule has 2 aromatic carbocycles. The highest BCUT2D eigenvalue weighted by Crippen LogP contribution is 2.18. The predicted molar refractivity (Wildman–Crippen MR) is 105 cm³/mol. The Hall–Kier alpha value is -2.86. The van der Waals surface area contributed by atoms with Crippen LogP contribution in [0.3, 0.4) is 0 Å². The normalized spacial score (nSPS) is 16.0. The van der Waals surface area contributed by atoms with E-state index in [4.69, 9.17) is 4.74 Å². The van der Waals surface area contributed by atoms with Gasteiger partial charge in [0, 0.05) is 12.1 Å². The van der Waals surface area contributed by atoms with E-state index in [0.717, 1.165) is 25.9 Å².